The van der Waals surface area contributed by atoms with E-state index in [0.29, 0.717) is 18.7 Å². The van der Waals surface area contributed by atoms with Gasteiger partial charge in [0.15, 0.2) is 0 Å². The van der Waals surface area contributed by atoms with Crippen LogP contribution in [0, 0.1) is 0 Å². The zero-order valence-electron chi connectivity index (χ0n) is 16.0. The van der Waals surface area contributed by atoms with Crippen LogP contribution in [-0.2, 0) is 13.0 Å². The molecule has 0 saturated heterocycles. The Kier molecular flexibility index (Phi) is 5.79. The van der Waals surface area contributed by atoms with E-state index in [2.05, 4.69) is 35.2 Å². The van der Waals surface area contributed by atoms with E-state index in [1.165, 1.54) is 11.1 Å². The molecule has 2 aromatic carbocycles. The number of aliphatic hydroxyl groups is 2. The summed E-state index contributed by atoms with van der Waals surface area (Å²) >= 11 is 0. The summed E-state index contributed by atoms with van der Waals surface area (Å²) in [5.74, 6) is 1.31. The number of ether oxygens (including phenoxy) is 1. The van der Waals surface area contributed by atoms with Gasteiger partial charge >= 0.3 is 0 Å². The Balaban J connectivity index is 1.29. The fourth-order valence-corrected chi connectivity index (χ4v) is 3.98. The first kappa shape index (κ1) is 18.8. The number of allylic oxidation sites excluding steroid dienone is 4. The molecule has 2 N–H and O–H groups in total. The highest BCUT2D eigenvalue weighted by Crippen LogP contribution is 2.29. The maximum Gasteiger partial charge on any atom is 0.119 e. The van der Waals surface area contributed by atoms with Crippen LogP contribution in [0.2, 0.25) is 0 Å². The van der Waals surface area contributed by atoms with Crippen molar-refractivity contribution >= 4 is 0 Å². The summed E-state index contributed by atoms with van der Waals surface area (Å²) in [7, 11) is 0. The van der Waals surface area contributed by atoms with Crippen LogP contribution in [0.15, 0.2) is 72.5 Å². The first-order valence-electron chi connectivity index (χ1n) is 9.93. The van der Waals surface area contributed by atoms with Crippen LogP contribution in [0.3, 0.4) is 0 Å². The maximum absolute atomic E-state index is 10.4. The summed E-state index contributed by atoms with van der Waals surface area (Å²) in [4.78, 5) is 2.29. The SMILES string of the molecule is OC1=CC=CC(c2cccc(OCC(O)CN3CCc4ccccc4C3)c2)C1. The molecule has 0 saturated carbocycles. The van der Waals surface area contributed by atoms with Crippen LogP contribution in [0.25, 0.3) is 0 Å². The van der Waals surface area contributed by atoms with Crippen LogP contribution in [0.4, 0.5) is 0 Å². The van der Waals surface area contributed by atoms with Crippen molar-refractivity contribution in [2.24, 2.45) is 0 Å². The van der Waals surface area contributed by atoms with E-state index in [0.717, 1.165) is 30.8 Å². The molecule has 0 spiro atoms. The van der Waals surface area contributed by atoms with Crippen molar-refractivity contribution < 1.29 is 14.9 Å². The zero-order chi connectivity index (χ0) is 19.3. The third-order valence-electron chi connectivity index (χ3n) is 5.47. The first-order chi connectivity index (χ1) is 13.7. The Bertz CT molecular complexity index is 874. The fourth-order valence-electron chi connectivity index (χ4n) is 3.98. The normalized spacial score (nSPS) is 20.3. The Morgan fingerprint density at radius 1 is 1.11 bits per heavy atom. The average Bonchev–Trinajstić information content (AvgIpc) is 2.72. The number of aliphatic hydroxyl groups excluding tert-OH is 2. The molecule has 4 heteroatoms. The summed E-state index contributed by atoms with van der Waals surface area (Å²) in [6, 6.07) is 16.4. The second kappa shape index (κ2) is 8.63. The van der Waals surface area contributed by atoms with Gasteiger partial charge in [-0.2, -0.15) is 0 Å². The molecule has 0 aromatic heterocycles. The summed E-state index contributed by atoms with van der Waals surface area (Å²) < 4.78 is 5.86. The topological polar surface area (TPSA) is 52.9 Å². The van der Waals surface area contributed by atoms with Crippen LogP contribution >= 0.6 is 0 Å². The molecule has 4 nitrogen and oxygen atoms in total. The lowest BCUT2D eigenvalue weighted by Gasteiger charge is -2.30. The Morgan fingerprint density at radius 3 is 2.82 bits per heavy atom. The molecule has 0 bridgehead atoms. The lowest BCUT2D eigenvalue weighted by molar-refractivity contribution is 0.0637. The van der Waals surface area contributed by atoms with E-state index >= 15 is 0 Å². The quantitative estimate of drug-likeness (QED) is 0.800. The standard InChI is InChI=1S/C24H27NO3/c26-22-9-3-7-19(13-22)20-8-4-10-24(14-20)28-17-23(27)16-25-12-11-18-5-1-2-6-21(18)15-25/h1-10,14,19,23,26-27H,11-13,15-17H2. The van der Waals surface area contributed by atoms with E-state index in [-0.39, 0.29) is 12.5 Å². The van der Waals surface area contributed by atoms with E-state index in [1.54, 1.807) is 6.08 Å². The minimum Gasteiger partial charge on any atom is -0.512 e. The number of hydrogen-bond donors (Lipinski definition) is 2. The van der Waals surface area contributed by atoms with Crippen molar-refractivity contribution in [3.8, 4) is 5.75 Å². The molecular formula is C24H27NO3. The third-order valence-corrected chi connectivity index (χ3v) is 5.47. The van der Waals surface area contributed by atoms with Crippen molar-refractivity contribution in [3.05, 3.63) is 89.2 Å². The Morgan fingerprint density at radius 2 is 1.96 bits per heavy atom. The Labute approximate surface area is 166 Å². The molecule has 0 radical (unpaired) electrons. The van der Waals surface area contributed by atoms with Gasteiger partial charge in [0.05, 0.1) is 5.76 Å². The molecule has 2 atom stereocenters. The molecule has 146 valence electrons. The number of rotatable bonds is 6. The second-order valence-electron chi connectivity index (χ2n) is 7.64. The fraction of sp³-hybridized carbons (Fsp3) is 0.333. The van der Waals surface area contributed by atoms with E-state index in [1.807, 2.05) is 30.3 Å². The number of hydrogen-bond acceptors (Lipinski definition) is 4. The Hall–Kier alpha value is -2.56. The molecular weight excluding hydrogens is 350 g/mol. The predicted octanol–water partition coefficient (Wildman–Crippen LogP) is 3.97. The zero-order valence-corrected chi connectivity index (χ0v) is 16.0. The minimum atomic E-state index is -0.532. The van der Waals surface area contributed by atoms with Crippen molar-refractivity contribution in [2.75, 3.05) is 19.7 Å². The van der Waals surface area contributed by atoms with Crippen LogP contribution in [0.1, 0.15) is 29.0 Å². The lowest BCUT2D eigenvalue weighted by Crippen LogP contribution is -2.38. The molecule has 1 aliphatic heterocycles. The highest BCUT2D eigenvalue weighted by Gasteiger charge is 2.19. The van der Waals surface area contributed by atoms with Gasteiger partial charge < -0.3 is 14.9 Å². The van der Waals surface area contributed by atoms with Crippen LogP contribution in [-0.4, -0.2) is 40.9 Å². The molecule has 28 heavy (non-hydrogen) atoms. The lowest BCUT2D eigenvalue weighted by atomic mass is 9.91. The van der Waals surface area contributed by atoms with Crippen molar-refractivity contribution in [2.45, 2.75) is 31.4 Å². The van der Waals surface area contributed by atoms with E-state index < -0.39 is 6.10 Å². The summed E-state index contributed by atoms with van der Waals surface area (Å²) in [6.07, 6.45) is 6.81. The van der Waals surface area contributed by atoms with E-state index in [4.69, 9.17) is 4.74 Å². The van der Waals surface area contributed by atoms with Crippen LogP contribution in [0.5, 0.6) is 5.75 Å². The smallest absolute Gasteiger partial charge is 0.119 e. The minimum absolute atomic E-state index is 0.159. The number of benzene rings is 2. The average molecular weight is 377 g/mol. The van der Waals surface area contributed by atoms with Gasteiger partial charge in [0.2, 0.25) is 0 Å². The van der Waals surface area contributed by atoms with Gasteiger partial charge in [-0.3, -0.25) is 4.90 Å². The molecule has 1 heterocycles. The van der Waals surface area contributed by atoms with Gasteiger partial charge in [-0.25, -0.2) is 0 Å². The predicted molar refractivity (Wildman–Crippen MR) is 111 cm³/mol. The van der Waals surface area contributed by atoms with Gasteiger partial charge in [-0.1, -0.05) is 48.6 Å². The van der Waals surface area contributed by atoms with Gasteiger partial charge in [-0.15, -0.1) is 0 Å². The number of fused-ring (bicyclic) bond motifs is 1. The van der Waals surface area contributed by atoms with Crippen molar-refractivity contribution in [1.29, 1.82) is 0 Å². The summed E-state index contributed by atoms with van der Waals surface area (Å²) in [6.45, 7) is 2.73. The third kappa shape index (κ3) is 4.64. The molecule has 2 aliphatic rings. The second-order valence-corrected chi connectivity index (χ2v) is 7.64. The monoisotopic (exact) mass is 377 g/mol. The molecule has 4 rings (SSSR count). The summed E-state index contributed by atoms with van der Waals surface area (Å²) in [5, 5.41) is 20.2. The van der Waals surface area contributed by atoms with Gasteiger partial charge in [0.25, 0.3) is 0 Å². The van der Waals surface area contributed by atoms with Crippen LogP contribution < -0.4 is 4.74 Å². The molecule has 0 fully saturated rings. The summed E-state index contributed by atoms with van der Waals surface area (Å²) in [5.41, 5.74) is 3.88. The van der Waals surface area contributed by atoms with E-state index in [9.17, 15) is 10.2 Å². The first-order valence-corrected chi connectivity index (χ1v) is 9.93. The molecule has 2 unspecified atom stereocenters. The highest BCUT2D eigenvalue weighted by atomic mass is 16.5. The molecule has 0 amide bonds. The molecule has 1 aliphatic carbocycles. The number of nitrogens with zero attached hydrogens (tertiary/aromatic N) is 1. The van der Waals surface area contributed by atoms with Gasteiger partial charge in [0.1, 0.15) is 18.5 Å². The van der Waals surface area contributed by atoms with Crippen molar-refractivity contribution in [1.82, 2.24) is 4.90 Å². The maximum atomic E-state index is 10.4. The highest BCUT2D eigenvalue weighted by molar-refractivity contribution is 5.36. The van der Waals surface area contributed by atoms with Gasteiger partial charge in [-0.05, 0) is 41.3 Å². The van der Waals surface area contributed by atoms with Gasteiger partial charge in [0, 0.05) is 32.0 Å². The molecule has 2 aromatic rings. The van der Waals surface area contributed by atoms with Crippen molar-refractivity contribution in [3.63, 3.8) is 0 Å². The largest absolute Gasteiger partial charge is 0.512 e. The number of β-amino-alcohol motifs (C(OH)–C–C–N with tert-alkyl or cyclic N) is 1.